The molecular formula is C7H6N2OS. The number of hydrogen-bond acceptors (Lipinski definition) is 4. The van der Waals surface area contributed by atoms with Crippen LogP contribution in [0.5, 0.6) is 0 Å². The van der Waals surface area contributed by atoms with Crippen molar-refractivity contribution < 1.29 is 4.79 Å². The van der Waals surface area contributed by atoms with Crippen molar-refractivity contribution in [1.29, 1.82) is 0 Å². The van der Waals surface area contributed by atoms with Crippen LogP contribution in [-0.2, 0) is 4.79 Å². The summed E-state index contributed by atoms with van der Waals surface area (Å²) in [5.74, 6) is 0.695. The Balaban J connectivity index is 2.39. The predicted molar refractivity (Wildman–Crippen MR) is 45.3 cm³/mol. The van der Waals surface area contributed by atoms with E-state index in [1.54, 1.807) is 18.6 Å². The molecule has 2 heterocycles. The Morgan fingerprint density at radius 3 is 3.45 bits per heavy atom. The molecule has 0 saturated heterocycles. The summed E-state index contributed by atoms with van der Waals surface area (Å²) >= 11 is 1.53. The summed E-state index contributed by atoms with van der Waals surface area (Å²) in [4.78, 5) is 16.0. The van der Waals surface area contributed by atoms with Crippen LogP contribution in [0.15, 0.2) is 28.0 Å². The fourth-order valence-electron chi connectivity index (χ4n) is 0.953. The highest BCUT2D eigenvalue weighted by Crippen LogP contribution is 2.26. The van der Waals surface area contributed by atoms with Crippen molar-refractivity contribution >= 4 is 23.8 Å². The zero-order valence-electron chi connectivity index (χ0n) is 5.70. The summed E-state index contributed by atoms with van der Waals surface area (Å²) in [7, 11) is 0. The van der Waals surface area contributed by atoms with Gasteiger partial charge in [0, 0.05) is 18.6 Å². The van der Waals surface area contributed by atoms with E-state index in [0.29, 0.717) is 11.4 Å². The first kappa shape index (κ1) is 6.67. The normalized spacial score (nSPS) is 21.6. The molecule has 0 spiro atoms. The number of nitrogens with zero attached hydrogens (tertiary/aromatic N) is 1. The van der Waals surface area contributed by atoms with Gasteiger partial charge in [0.05, 0.1) is 16.4 Å². The molecule has 1 N–H and O–H groups in total. The van der Waals surface area contributed by atoms with Gasteiger partial charge in [0.25, 0.3) is 0 Å². The molecule has 0 aliphatic carbocycles. The van der Waals surface area contributed by atoms with E-state index >= 15 is 0 Å². The van der Waals surface area contributed by atoms with E-state index in [1.807, 2.05) is 0 Å². The smallest absolute Gasteiger partial charge is 0.190 e. The summed E-state index contributed by atoms with van der Waals surface area (Å²) < 4.78 is 0. The molecular weight excluding hydrogens is 160 g/mol. The minimum Gasteiger partial charge on any atom is -0.356 e. The van der Waals surface area contributed by atoms with Gasteiger partial charge in [-0.1, -0.05) is 0 Å². The van der Waals surface area contributed by atoms with Gasteiger partial charge in [-0.2, -0.15) is 0 Å². The van der Waals surface area contributed by atoms with E-state index < -0.39 is 0 Å². The standard InChI is InChI=1S/C7H6N2OS/c10-5-4-11-6-3-8-1-2-9-7(5)6/h1-3,9H,4H2. The first-order valence-corrected chi connectivity index (χ1v) is 4.21. The topological polar surface area (TPSA) is 41.5 Å². The van der Waals surface area contributed by atoms with E-state index in [4.69, 9.17) is 0 Å². The number of ketones is 1. The van der Waals surface area contributed by atoms with E-state index in [2.05, 4.69) is 10.3 Å². The van der Waals surface area contributed by atoms with Crippen LogP contribution in [0.25, 0.3) is 0 Å². The lowest BCUT2D eigenvalue weighted by atomic mass is 10.3. The van der Waals surface area contributed by atoms with Crippen LogP contribution < -0.4 is 5.32 Å². The molecule has 0 amide bonds. The van der Waals surface area contributed by atoms with Crippen LogP contribution >= 0.6 is 11.8 Å². The quantitative estimate of drug-likeness (QED) is 0.574. The van der Waals surface area contributed by atoms with Gasteiger partial charge in [0.15, 0.2) is 5.78 Å². The molecule has 2 aliphatic heterocycles. The van der Waals surface area contributed by atoms with Crippen LogP contribution in [-0.4, -0.2) is 17.8 Å². The molecule has 0 bridgehead atoms. The molecule has 0 aromatic carbocycles. The van der Waals surface area contributed by atoms with Crippen LogP contribution in [0.1, 0.15) is 0 Å². The maximum absolute atomic E-state index is 11.1. The molecule has 0 saturated carbocycles. The summed E-state index contributed by atoms with van der Waals surface area (Å²) in [6.45, 7) is 0. The Kier molecular flexibility index (Phi) is 1.54. The monoisotopic (exact) mass is 166 g/mol. The highest BCUT2D eigenvalue weighted by Gasteiger charge is 2.22. The molecule has 2 aliphatic rings. The van der Waals surface area contributed by atoms with Gasteiger partial charge in [0.2, 0.25) is 0 Å². The zero-order chi connectivity index (χ0) is 7.68. The molecule has 0 fully saturated rings. The molecule has 0 unspecified atom stereocenters. The van der Waals surface area contributed by atoms with Gasteiger partial charge >= 0.3 is 0 Å². The average molecular weight is 166 g/mol. The summed E-state index contributed by atoms with van der Waals surface area (Å²) in [6, 6.07) is 0. The number of thioether (sulfide) groups is 1. The lowest BCUT2D eigenvalue weighted by Crippen LogP contribution is -2.13. The van der Waals surface area contributed by atoms with Crippen LogP contribution in [0, 0.1) is 0 Å². The second-order valence-electron chi connectivity index (χ2n) is 2.19. The van der Waals surface area contributed by atoms with Crippen LogP contribution in [0.3, 0.4) is 0 Å². The molecule has 11 heavy (non-hydrogen) atoms. The molecule has 2 rings (SSSR count). The Morgan fingerprint density at radius 2 is 2.55 bits per heavy atom. The first-order valence-electron chi connectivity index (χ1n) is 3.23. The van der Waals surface area contributed by atoms with Crippen molar-refractivity contribution in [2.75, 3.05) is 5.75 Å². The highest BCUT2D eigenvalue weighted by molar-refractivity contribution is 8.05. The SMILES string of the molecule is O=C1CSC2=C1NC=CN=C2. The first-order chi connectivity index (χ1) is 5.38. The van der Waals surface area contributed by atoms with Crippen LogP contribution in [0.4, 0.5) is 0 Å². The van der Waals surface area contributed by atoms with E-state index in [1.165, 1.54) is 11.8 Å². The molecule has 0 aromatic rings. The van der Waals surface area contributed by atoms with Crippen molar-refractivity contribution in [2.24, 2.45) is 4.99 Å². The number of nitrogens with one attached hydrogen (secondary N) is 1. The number of rotatable bonds is 0. The summed E-state index contributed by atoms with van der Waals surface area (Å²) in [6.07, 6.45) is 5.01. The third-order valence-electron chi connectivity index (χ3n) is 1.46. The average Bonchev–Trinajstić information content (AvgIpc) is 2.25. The zero-order valence-corrected chi connectivity index (χ0v) is 6.52. The maximum atomic E-state index is 11.1. The van der Waals surface area contributed by atoms with Crippen molar-refractivity contribution in [3.8, 4) is 0 Å². The van der Waals surface area contributed by atoms with E-state index in [-0.39, 0.29) is 5.78 Å². The minimum atomic E-state index is 0.156. The summed E-state index contributed by atoms with van der Waals surface area (Å²) in [5, 5.41) is 2.90. The largest absolute Gasteiger partial charge is 0.356 e. The summed E-state index contributed by atoms with van der Waals surface area (Å²) in [5.41, 5.74) is 0.688. The number of Topliss-reactive ketones (excluding diaryl/α,β-unsaturated/α-hetero) is 1. The molecule has 56 valence electrons. The number of allylic oxidation sites excluding steroid dienone is 2. The Hall–Kier alpha value is -1.03. The van der Waals surface area contributed by atoms with Gasteiger partial charge < -0.3 is 5.32 Å². The Bertz CT molecular complexity index is 291. The van der Waals surface area contributed by atoms with E-state index in [0.717, 1.165) is 4.91 Å². The van der Waals surface area contributed by atoms with Gasteiger partial charge in [-0.25, -0.2) is 0 Å². The lowest BCUT2D eigenvalue weighted by molar-refractivity contribution is -0.113. The van der Waals surface area contributed by atoms with Gasteiger partial charge in [0.1, 0.15) is 0 Å². The molecule has 0 atom stereocenters. The second kappa shape index (κ2) is 2.54. The van der Waals surface area contributed by atoms with Gasteiger partial charge in [-0.3, -0.25) is 9.79 Å². The predicted octanol–water partition coefficient (Wildman–Crippen LogP) is 0.659. The van der Waals surface area contributed by atoms with E-state index in [9.17, 15) is 4.79 Å². The van der Waals surface area contributed by atoms with Crippen molar-refractivity contribution in [1.82, 2.24) is 5.32 Å². The second-order valence-corrected chi connectivity index (χ2v) is 3.21. The lowest BCUT2D eigenvalue weighted by Gasteiger charge is -1.96. The van der Waals surface area contributed by atoms with Gasteiger partial charge in [-0.05, 0) is 0 Å². The number of hydrogen-bond donors (Lipinski definition) is 1. The molecule has 0 radical (unpaired) electrons. The van der Waals surface area contributed by atoms with Crippen molar-refractivity contribution in [2.45, 2.75) is 0 Å². The fourth-order valence-corrected chi connectivity index (χ4v) is 1.84. The molecule has 4 heteroatoms. The molecule has 3 nitrogen and oxygen atoms in total. The van der Waals surface area contributed by atoms with Gasteiger partial charge in [-0.15, -0.1) is 11.8 Å². The third kappa shape index (κ3) is 1.09. The maximum Gasteiger partial charge on any atom is 0.190 e. The highest BCUT2D eigenvalue weighted by atomic mass is 32.2. The third-order valence-corrected chi connectivity index (χ3v) is 2.49. The molecule has 0 aromatic heterocycles. The van der Waals surface area contributed by atoms with Crippen molar-refractivity contribution in [3.63, 3.8) is 0 Å². The fraction of sp³-hybridized carbons (Fsp3) is 0.143. The minimum absolute atomic E-state index is 0.156. The Labute approximate surface area is 68.3 Å². The van der Waals surface area contributed by atoms with Crippen LogP contribution in [0.2, 0.25) is 0 Å². The number of carbonyl (C=O) groups excluding carboxylic acids is 1. The Morgan fingerprint density at radius 1 is 1.64 bits per heavy atom. The number of carbonyl (C=O) groups is 1. The number of aliphatic imine (C=N–C) groups is 1. The van der Waals surface area contributed by atoms with Crippen molar-refractivity contribution in [3.05, 3.63) is 23.0 Å².